The van der Waals surface area contributed by atoms with Crippen molar-refractivity contribution in [1.29, 1.82) is 0 Å². The lowest BCUT2D eigenvalue weighted by molar-refractivity contribution is -0.137. The van der Waals surface area contributed by atoms with Gasteiger partial charge in [-0.05, 0) is 63.4 Å². The van der Waals surface area contributed by atoms with Crippen LogP contribution < -0.4 is 10.1 Å². The number of nitrogens with zero attached hydrogens (tertiary/aromatic N) is 3. The summed E-state index contributed by atoms with van der Waals surface area (Å²) in [6.45, 7) is 5.81. The molecule has 0 radical (unpaired) electrons. The van der Waals surface area contributed by atoms with E-state index in [4.69, 9.17) is 9.84 Å². The van der Waals surface area contributed by atoms with Crippen LogP contribution in [0.1, 0.15) is 32.4 Å². The van der Waals surface area contributed by atoms with E-state index in [1.54, 1.807) is 16.7 Å². The summed E-state index contributed by atoms with van der Waals surface area (Å²) in [5, 5.41) is 7.80. The van der Waals surface area contributed by atoms with E-state index in [0.717, 1.165) is 41.1 Å². The van der Waals surface area contributed by atoms with Gasteiger partial charge >= 0.3 is 0 Å². The highest BCUT2D eigenvalue weighted by Crippen LogP contribution is 2.34. The lowest BCUT2D eigenvalue weighted by atomic mass is 10.1. The SMILES string of the molecule is COc1ccc(-n2nc(C)c(-c3ccccc3)c2NC(=O)CN(C(=O)C2CC2)C(C)C)cc1. The number of carbonyl (C=O) groups excluding carboxylic acids is 2. The molecule has 7 heteroatoms. The summed E-state index contributed by atoms with van der Waals surface area (Å²) < 4.78 is 7.01. The lowest BCUT2D eigenvalue weighted by Crippen LogP contribution is -2.43. The number of rotatable bonds is 8. The summed E-state index contributed by atoms with van der Waals surface area (Å²) in [6, 6.07) is 17.3. The quantitative estimate of drug-likeness (QED) is 0.555. The first-order valence-electron chi connectivity index (χ1n) is 11.3. The zero-order valence-electron chi connectivity index (χ0n) is 19.5. The van der Waals surface area contributed by atoms with Crippen LogP contribution in [0.25, 0.3) is 16.8 Å². The molecule has 3 aromatic rings. The molecule has 2 amide bonds. The molecule has 0 atom stereocenters. The second-order valence-electron chi connectivity index (χ2n) is 8.67. The van der Waals surface area contributed by atoms with Crippen LogP contribution in [0.5, 0.6) is 5.75 Å². The molecule has 1 saturated carbocycles. The van der Waals surface area contributed by atoms with Crippen molar-refractivity contribution in [1.82, 2.24) is 14.7 Å². The van der Waals surface area contributed by atoms with Gasteiger partial charge in [0.15, 0.2) is 0 Å². The Morgan fingerprint density at radius 1 is 1.12 bits per heavy atom. The molecule has 172 valence electrons. The van der Waals surface area contributed by atoms with Gasteiger partial charge in [0, 0.05) is 17.5 Å². The molecule has 1 aliphatic rings. The van der Waals surface area contributed by atoms with Crippen LogP contribution in [-0.2, 0) is 9.59 Å². The van der Waals surface area contributed by atoms with Gasteiger partial charge in [0.05, 0.1) is 18.5 Å². The molecule has 0 saturated heterocycles. The Bertz CT molecular complexity index is 1130. The third-order valence-electron chi connectivity index (χ3n) is 5.84. The summed E-state index contributed by atoms with van der Waals surface area (Å²) in [4.78, 5) is 27.5. The highest BCUT2D eigenvalue weighted by atomic mass is 16.5. The molecule has 1 aliphatic carbocycles. The van der Waals surface area contributed by atoms with Gasteiger partial charge in [0.2, 0.25) is 11.8 Å². The molecule has 0 aliphatic heterocycles. The minimum atomic E-state index is -0.246. The normalized spacial score (nSPS) is 13.1. The first-order chi connectivity index (χ1) is 15.9. The first kappa shape index (κ1) is 22.6. The summed E-state index contributed by atoms with van der Waals surface area (Å²) in [5.41, 5.74) is 3.40. The molecule has 0 unspecified atom stereocenters. The summed E-state index contributed by atoms with van der Waals surface area (Å²) in [6.07, 6.45) is 1.82. The fraction of sp³-hybridized carbons (Fsp3) is 0.346. The van der Waals surface area contributed by atoms with Crippen molar-refractivity contribution in [2.24, 2.45) is 5.92 Å². The van der Waals surface area contributed by atoms with Crippen LogP contribution in [0.2, 0.25) is 0 Å². The average molecular weight is 447 g/mol. The Kier molecular flexibility index (Phi) is 6.49. The van der Waals surface area contributed by atoms with Crippen molar-refractivity contribution in [2.75, 3.05) is 19.0 Å². The van der Waals surface area contributed by atoms with E-state index in [-0.39, 0.29) is 30.3 Å². The lowest BCUT2D eigenvalue weighted by Gasteiger charge is -2.26. The van der Waals surface area contributed by atoms with Crippen LogP contribution in [0, 0.1) is 12.8 Å². The van der Waals surface area contributed by atoms with E-state index in [2.05, 4.69) is 5.32 Å². The van der Waals surface area contributed by atoms with Crippen LogP contribution in [0.4, 0.5) is 5.82 Å². The molecule has 0 spiro atoms. The van der Waals surface area contributed by atoms with Crippen molar-refractivity contribution in [2.45, 2.75) is 39.7 Å². The smallest absolute Gasteiger partial charge is 0.245 e. The maximum Gasteiger partial charge on any atom is 0.245 e. The Morgan fingerprint density at radius 3 is 2.36 bits per heavy atom. The van der Waals surface area contributed by atoms with E-state index >= 15 is 0 Å². The average Bonchev–Trinajstić information content (AvgIpc) is 3.62. The molecule has 7 nitrogen and oxygen atoms in total. The molecule has 4 rings (SSSR count). The Labute approximate surface area is 194 Å². The topological polar surface area (TPSA) is 76.5 Å². The number of hydrogen-bond acceptors (Lipinski definition) is 4. The number of aryl methyl sites for hydroxylation is 1. The maximum absolute atomic E-state index is 13.2. The molecule has 33 heavy (non-hydrogen) atoms. The zero-order valence-corrected chi connectivity index (χ0v) is 19.5. The maximum atomic E-state index is 13.2. The van der Waals surface area contributed by atoms with Crippen LogP contribution in [0.15, 0.2) is 54.6 Å². The van der Waals surface area contributed by atoms with Crippen LogP contribution in [-0.4, -0.2) is 46.2 Å². The van der Waals surface area contributed by atoms with Crippen molar-refractivity contribution in [3.63, 3.8) is 0 Å². The van der Waals surface area contributed by atoms with Crippen molar-refractivity contribution < 1.29 is 14.3 Å². The Morgan fingerprint density at radius 2 is 1.79 bits per heavy atom. The monoisotopic (exact) mass is 446 g/mol. The number of anilines is 1. The van der Waals surface area contributed by atoms with Crippen LogP contribution >= 0.6 is 0 Å². The van der Waals surface area contributed by atoms with E-state index in [0.29, 0.717) is 5.82 Å². The van der Waals surface area contributed by atoms with E-state index in [1.165, 1.54) is 0 Å². The summed E-state index contributed by atoms with van der Waals surface area (Å²) in [7, 11) is 1.62. The number of benzene rings is 2. The van der Waals surface area contributed by atoms with Gasteiger partial charge in [-0.25, -0.2) is 4.68 Å². The van der Waals surface area contributed by atoms with Gasteiger partial charge in [-0.1, -0.05) is 30.3 Å². The van der Waals surface area contributed by atoms with Gasteiger partial charge in [-0.3, -0.25) is 9.59 Å². The van der Waals surface area contributed by atoms with Crippen molar-refractivity contribution in [3.05, 3.63) is 60.3 Å². The molecule has 1 aromatic heterocycles. The van der Waals surface area contributed by atoms with Gasteiger partial charge in [-0.2, -0.15) is 5.10 Å². The third-order valence-corrected chi connectivity index (χ3v) is 5.84. The minimum absolute atomic E-state index is 0.00801. The van der Waals surface area contributed by atoms with Crippen molar-refractivity contribution in [3.8, 4) is 22.6 Å². The number of ether oxygens (including phenoxy) is 1. The summed E-state index contributed by atoms with van der Waals surface area (Å²) >= 11 is 0. The highest BCUT2D eigenvalue weighted by molar-refractivity contribution is 5.98. The molecule has 1 N–H and O–H groups in total. The van der Waals surface area contributed by atoms with E-state index < -0.39 is 0 Å². The van der Waals surface area contributed by atoms with Gasteiger partial charge in [0.1, 0.15) is 18.1 Å². The predicted molar refractivity (Wildman–Crippen MR) is 128 cm³/mol. The van der Waals surface area contributed by atoms with E-state index in [1.807, 2.05) is 75.4 Å². The third kappa shape index (κ3) is 4.92. The standard InChI is InChI=1S/C26H30N4O3/c1-17(2)29(26(32)20-10-11-20)16-23(31)27-25-24(19-8-6-5-7-9-19)18(3)28-30(25)21-12-14-22(33-4)15-13-21/h5-9,12-15,17,20H,10-11,16H2,1-4H3,(H,27,31). The fourth-order valence-electron chi connectivity index (χ4n) is 3.91. The second kappa shape index (κ2) is 9.48. The van der Waals surface area contributed by atoms with Gasteiger partial charge in [0.25, 0.3) is 0 Å². The molecular weight excluding hydrogens is 416 g/mol. The van der Waals surface area contributed by atoms with Gasteiger partial charge in [-0.15, -0.1) is 0 Å². The van der Waals surface area contributed by atoms with Crippen LogP contribution in [0.3, 0.4) is 0 Å². The molecule has 2 aromatic carbocycles. The summed E-state index contributed by atoms with van der Waals surface area (Å²) in [5.74, 6) is 1.19. The largest absolute Gasteiger partial charge is 0.497 e. The number of carbonyl (C=O) groups is 2. The Balaban J connectivity index is 1.69. The molecule has 1 heterocycles. The number of nitrogens with one attached hydrogen (secondary N) is 1. The number of hydrogen-bond donors (Lipinski definition) is 1. The fourth-order valence-corrected chi connectivity index (χ4v) is 3.91. The molecule has 0 bridgehead atoms. The molecule has 1 fully saturated rings. The first-order valence-corrected chi connectivity index (χ1v) is 11.3. The van der Waals surface area contributed by atoms with Crippen molar-refractivity contribution >= 4 is 17.6 Å². The highest BCUT2D eigenvalue weighted by Gasteiger charge is 2.35. The molecular formula is C26H30N4O3. The second-order valence-corrected chi connectivity index (χ2v) is 8.67. The van der Waals surface area contributed by atoms with E-state index in [9.17, 15) is 9.59 Å². The minimum Gasteiger partial charge on any atom is -0.497 e. The Hall–Kier alpha value is -3.61. The number of aromatic nitrogens is 2. The van der Waals surface area contributed by atoms with Gasteiger partial charge < -0.3 is 15.0 Å². The predicted octanol–water partition coefficient (Wildman–Crippen LogP) is 4.44. The number of amides is 2. The zero-order chi connectivity index (χ0) is 23.5. The number of methoxy groups -OCH3 is 1.